The number of aromatic amines is 2. The Hall–Kier alpha value is -2.63. The second-order valence-corrected chi connectivity index (χ2v) is 4.49. The highest BCUT2D eigenvalue weighted by Gasteiger charge is 2.18. The Morgan fingerprint density at radius 2 is 2.11 bits per heavy atom. The molecule has 3 N–H and O–H groups in total. The van der Waals surface area contributed by atoms with E-state index in [1.54, 1.807) is 0 Å². The van der Waals surface area contributed by atoms with Gasteiger partial charge in [-0.25, -0.2) is 14.8 Å². The number of rotatable bonds is 2. The summed E-state index contributed by atoms with van der Waals surface area (Å²) in [4.78, 5) is 25.3. The molecule has 2 aromatic heterocycles. The van der Waals surface area contributed by atoms with E-state index in [9.17, 15) is 4.79 Å². The van der Waals surface area contributed by atoms with Crippen LogP contribution in [-0.4, -0.2) is 31.0 Å². The van der Waals surface area contributed by atoms with E-state index in [2.05, 4.69) is 19.9 Å². The van der Waals surface area contributed by atoms with Crippen molar-refractivity contribution in [2.45, 2.75) is 13.8 Å². The molecule has 0 unspecified atom stereocenters. The summed E-state index contributed by atoms with van der Waals surface area (Å²) in [5, 5.41) is 9.08. The maximum atomic E-state index is 11.1. The molecule has 0 fully saturated rings. The fourth-order valence-corrected chi connectivity index (χ4v) is 2.22. The van der Waals surface area contributed by atoms with Crippen LogP contribution in [0.1, 0.15) is 21.6 Å². The lowest BCUT2D eigenvalue weighted by molar-refractivity contribution is 0.0692. The summed E-state index contributed by atoms with van der Waals surface area (Å²) >= 11 is 0. The van der Waals surface area contributed by atoms with Gasteiger partial charge in [0.1, 0.15) is 5.69 Å². The summed E-state index contributed by atoms with van der Waals surface area (Å²) in [5.41, 5.74) is 4.24. The van der Waals surface area contributed by atoms with Crippen LogP contribution in [-0.2, 0) is 0 Å². The fraction of sp³-hybridized carbons (Fsp3) is 0.154. The molecule has 0 aliphatic heterocycles. The van der Waals surface area contributed by atoms with E-state index in [1.807, 2.05) is 26.0 Å². The number of nitrogens with zero attached hydrogens (tertiary/aromatic N) is 2. The molecular weight excluding hydrogens is 244 g/mol. The smallest absolute Gasteiger partial charge is 0.354 e. The van der Waals surface area contributed by atoms with Gasteiger partial charge < -0.3 is 15.1 Å². The van der Waals surface area contributed by atoms with E-state index in [-0.39, 0.29) is 5.69 Å². The standard InChI is InChI=1S/C13H12N4O2/c1-6-3-7(2)9-8(4-6)16-12(17-9)10-11(13(18)19)15-5-14-10/h3-5H,1-2H3,(H,14,15)(H,16,17)(H,18,19). The van der Waals surface area contributed by atoms with Crippen molar-refractivity contribution >= 4 is 17.0 Å². The number of benzene rings is 1. The fourth-order valence-electron chi connectivity index (χ4n) is 2.22. The molecule has 3 aromatic rings. The van der Waals surface area contributed by atoms with Crippen molar-refractivity contribution in [1.82, 2.24) is 19.9 Å². The van der Waals surface area contributed by atoms with E-state index in [1.165, 1.54) is 6.33 Å². The van der Waals surface area contributed by atoms with Gasteiger partial charge in [0.05, 0.1) is 17.4 Å². The van der Waals surface area contributed by atoms with Crippen LogP contribution >= 0.6 is 0 Å². The molecule has 0 aliphatic rings. The van der Waals surface area contributed by atoms with E-state index < -0.39 is 5.97 Å². The van der Waals surface area contributed by atoms with Crippen LogP contribution in [0.25, 0.3) is 22.6 Å². The molecule has 0 bridgehead atoms. The number of carboxylic acids is 1. The van der Waals surface area contributed by atoms with Crippen molar-refractivity contribution in [2.24, 2.45) is 0 Å². The summed E-state index contributed by atoms with van der Waals surface area (Å²) in [6.45, 7) is 3.98. The van der Waals surface area contributed by atoms with Crippen LogP contribution in [0.4, 0.5) is 0 Å². The topological polar surface area (TPSA) is 94.7 Å². The molecule has 1 aromatic carbocycles. The summed E-state index contributed by atoms with van der Waals surface area (Å²) in [7, 11) is 0. The largest absolute Gasteiger partial charge is 0.477 e. The number of aromatic nitrogens is 4. The quantitative estimate of drug-likeness (QED) is 0.655. The molecule has 0 amide bonds. The zero-order valence-corrected chi connectivity index (χ0v) is 10.5. The number of hydrogen-bond donors (Lipinski definition) is 3. The third kappa shape index (κ3) is 1.77. The van der Waals surface area contributed by atoms with E-state index in [0.717, 1.165) is 22.2 Å². The predicted molar refractivity (Wildman–Crippen MR) is 70.1 cm³/mol. The molecule has 0 aliphatic carbocycles. The number of nitrogens with one attached hydrogen (secondary N) is 2. The molecule has 2 heterocycles. The Morgan fingerprint density at radius 1 is 1.32 bits per heavy atom. The molecule has 6 nitrogen and oxygen atoms in total. The number of carbonyl (C=O) groups is 1. The second-order valence-electron chi connectivity index (χ2n) is 4.49. The zero-order chi connectivity index (χ0) is 13.6. The van der Waals surface area contributed by atoms with E-state index >= 15 is 0 Å². The molecule has 96 valence electrons. The van der Waals surface area contributed by atoms with Gasteiger partial charge in [0.25, 0.3) is 0 Å². The van der Waals surface area contributed by atoms with Crippen molar-refractivity contribution in [2.75, 3.05) is 0 Å². The van der Waals surface area contributed by atoms with Gasteiger partial charge in [-0.05, 0) is 31.0 Å². The lowest BCUT2D eigenvalue weighted by atomic mass is 10.1. The Labute approximate surface area is 108 Å². The first-order valence-corrected chi connectivity index (χ1v) is 5.80. The zero-order valence-electron chi connectivity index (χ0n) is 10.5. The molecule has 0 saturated carbocycles. The molecule has 0 radical (unpaired) electrons. The van der Waals surface area contributed by atoms with Crippen LogP contribution in [0.2, 0.25) is 0 Å². The lowest BCUT2D eigenvalue weighted by Gasteiger charge is -1.96. The van der Waals surface area contributed by atoms with Gasteiger partial charge in [-0.3, -0.25) is 0 Å². The van der Waals surface area contributed by atoms with Gasteiger partial charge in [0.2, 0.25) is 0 Å². The van der Waals surface area contributed by atoms with Crippen molar-refractivity contribution < 1.29 is 9.90 Å². The number of imidazole rings is 2. The first-order chi connectivity index (χ1) is 9.06. The Morgan fingerprint density at radius 3 is 2.84 bits per heavy atom. The predicted octanol–water partition coefficient (Wildman–Crippen LogP) is 2.27. The van der Waals surface area contributed by atoms with Crippen molar-refractivity contribution in [3.05, 3.63) is 35.3 Å². The minimum absolute atomic E-state index is 0.0356. The molecule has 0 spiro atoms. The average Bonchev–Trinajstić information content (AvgIpc) is 2.92. The highest BCUT2D eigenvalue weighted by atomic mass is 16.4. The molecule has 3 rings (SSSR count). The minimum Gasteiger partial charge on any atom is -0.477 e. The van der Waals surface area contributed by atoms with Crippen molar-refractivity contribution in [3.63, 3.8) is 0 Å². The number of aryl methyl sites for hydroxylation is 2. The summed E-state index contributed by atoms with van der Waals surface area (Å²) in [6.07, 6.45) is 1.35. The maximum Gasteiger partial charge on any atom is 0.354 e. The van der Waals surface area contributed by atoms with E-state index in [0.29, 0.717) is 11.5 Å². The molecule has 19 heavy (non-hydrogen) atoms. The second kappa shape index (κ2) is 3.94. The number of aromatic carboxylic acids is 1. The third-order valence-electron chi connectivity index (χ3n) is 3.00. The van der Waals surface area contributed by atoms with Crippen LogP contribution in [0.15, 0.2) is 18.5 Å². The minimum atomic E-state index is -1.05. The van der Waals surface area contributed by atoms with Crippen LogP contribution in [0, 0.1) is 13.8 Å². The monoisotopic (exact) mass is 256 g/mol. The average molecular weight is 256 g/mol. The van der Waals surface area contributed by atoms with Gasteiger partial charge in [0.15, 0.2) is 11.5 Å². The van der Waals surface area contributed by atoms with Crippen LogP contribution in [0.3, 0.4) is 0 Å². The number of hydrogen-bond acceptors (Lipinski definition) is 3. The summed E-state index contributed by atoms with van der Waals surface area (Å²) < 4.78 is 0. The SMILES string of the molecule is Cc1cc(C)c2nc(-c3nc[nH]c3C(=O)O)[nH]c2c1. The number of carboxylic acid groups (broad SMARTS) is 1. The number of fused-ring (bicyclic) bond motifs is 1. The van der Waals surface area contributed by atoms with Gasteiger partial charge in [0, 0.05) is 0 Å². The van der Waals surface area contributed by atoms with Gasteiger partial charge in [-0.15, -0.1) is 0 Å². The molecule has 0 saturated heterocycles. The van der Waals surface area contributed by atoms with Crippen molar-refractivity contribution in [3.8, 4) is 11.5 Å². The van der Waals surface area contributed by atoms with Gasteiger partial charge >= 0.3 is 5.97 Å². The van der Waals surface area contributed by atoms with E-state index in [4.69, 9.17) is 5.11 Å². The Balaban J connectivity index is 2.24. The van der Waals surface area contributed by atoms with Gasteiger partial charge in [-0.1, -0.05) is 6.07 Å². The molecule has 0 atom stereocenters. The van der Waals surface area contributed by atoms with Gasteiger partial charge in [-0.2, -0.15) is 0 Å². The third-order valence-corrected chi connectivity index (χ3v) is 3.00. The molecule has 6 heteroatoms. The highest BCUT2D eigenvalue weighted by molar-refractivity contribution is 5.93. The first-order valence-electron chi connectivity index (χ1n) is 5.80. The summed E-state index contributed by atoms with van der Waals surface area (Å²) in [6, 6.07) is 4.02. The van der Waals surface area contributed by atoms with Crippen LogP contribution in [0.5, 0.6) is 0 Å². The van der Waals surface area contributed by atoms with Crippen molar-refractivity contribution in [1.29, 1.82) is 0 Å². The molecular formula is C13H12N4O2. The lowest BCUT2D eigenvalue weighted by Crippen LogP contribution is -1.99. The number of H-pyrrole nitrogens is 2. The summed E-state index contributed by atoms with van der Waals surface area (Å²) in [5.74, 6) is -0.594. The maximum absolute atomic E-state index is 11.1. The Kier molecular flexibility index (Phi) is 2.38. The highest BCUT2D eigenvalue weighted by Crippen LogP contribution is 2.24. The van der Waals surface area contributed by atoms with Crippen LogP contribution < -0.4 is 0 Å². The Bertz CT molecular complexity index is 785. The normalized spacial score (nSPS) is 11.1. The first kappa shape index (κ1) is 11.5.